The molecule has 94 valence electrons. The Hall–Kier alpha value is -0.160. The van der Waals surface area contributed by atoms with Gasteiger partial charge in [0.1, 0.15) is 0 Å². The summed E-state index contributed by atoms with van der Waals surface area (Å²) in [6.07, 6.45) is 4.33. The van der Waals surface area contributed by atoms with E-state index in [1.165, 1.54) is 12.8 Å². The zero-order valence-electron chi connectivity index (χ0n) is 10.2. The van der Waals surface area contributed by atoms with Gasteiger partial charge in [-0.2, -0.15) is 0 Å². The molecule has 2 aliphatic heterocycles. The number of hydrogen-bond acceptors (Lipinski definition) is 4. The van der Waals surface area contributed by atoms with Crippen molar-refractivity contribution < 1.29 is 9.47 Å². The van der Waals surface area contributed by atoms with E-state index in [0.717, 1.165) is 39.3 Å². The molecule has 2 rings (SSSR count). The predicted octanol–water partition coefficient (Wildman–Crippen LogP) is 0.604. The van der Waals surface area contributed by atoms with Crippen LogP contribution in [-0.4, -0.2) is 56.0 Å². The quantitative estimate of drug-likeness (QED) is 0.765. The maximum Gasteiger partial charge on any atom is 0.0850 e. The summed E-state index contributed by atoms with van der Waals surface area (Å²) in [5, 5.41) is 0. The largest absolute Gasteiger partial charge is 0.378 e. The molecule has 0 saturated carbocycles. The average molecular weight is 228 g/mol. The van der Waals surface area contributed by atoms with E-state index in [1.807, 2.05) is 6.92 Å². The van der Waals surface area contributed by atoms with Gasteiger partial charge in [-0.1, -0.05) is 0 Å². The van der Waals surface area contributed by atoms with Gasteiger partial charge in [0, 0.05) is 32.3 Å². The molecule has 3 unspecified atom stereocenters. The molecule has 2 heterocycles. The molecule has 0 aromatic carbocycles. The highest BCUT2D eigenvalue weighted by atomic mass is 16.5. The smallest absolute Gasteiger partial charge is 0.0850 e. The van der Waals surface area contributed by atoms with Gasteiger partial charge >= 0.3 is 0 Å². The fourth-order valence-electron chi connectivity index (χ4n) is 2.45. The summed E-state index contributed by atoms with van der Waals surface area (Å²) >= 11 is 0. The number of hydrogen-bond donors (Lipinski definition) is 1. The number of nitrogens with zero attached hydrogens (tertiary/aromatic N) is 1. The topological polar surface area (TPSA) is 47.7 Å². The molecule has 0 aromatic heterocycles. The van der Waals surface area contributed by atoms with Crippen molar-refractivity contribution in [3.05, 3.63) is 0 Å². The van der Waals surface area contributed by atoms with Gasteiger partial charge in [-0.3, -0.25) is 4.90 Å². The van der Waals surface area contributed by atoms with Crippen LogP contribution in [0.4, 0.5) is 0 Å². The van der Waals surface area contributed by atoms with Gasteiger partial charge in [-0.25, -0.2) is 0 Å². The van der Waals surface area contributed by atoms with E-state index in [2.05, 4.69) is 4.90 Å². The zero-order valence-corrected chi connectivity index (χ0v) is 10.2. The number of ether oxygens (including phenoxy) is 2. The second-order valence-corrected chi connectivity index (χ2v) is 4.99. The van der Waals surface area contributed by atoms with Crippen molar-refractivity contribution in [3.8, 4) is 0 Å². The maximum absolute atomic E-state index is 5.87. The second kappa shape index (κ2) is 5.96. The van der Waals surface area contributed by atoms with Gasteiger partial charge < -0.3 is 15.2 Å². The summed E-state index contributed by atoms with van der Waals surface area (Å²) in [7, 11) is 0. The minimum Gasteiger partial charge on any atom is -0.378 e. The third-order valence-electron chi connectivity index (χ3n) is 3.56. The van der Waals surface area contributed by atoms with Crippen molar-refractivity contribution in [1.29, 1.82) is 0 Å². The maximum atomic E-state index is 5.87. The molecule has 0 aromatic rings. The van der Waals surface area contributed by atoms with Crippen molar-refractivity contribution >= 4 is 0 Å². The molecular weight excluding hydrogens is 204 g/mol. The molecule has 0 spiro atoms. The van der Waals surface area contributed by atoms with Crippen LogP contribution in [0.15, 0.2) is 0 Å². The van der Waals surface area contributed by atoms with Crippen LogP contribution in [-0.2, 0) is 9.47 Å². The first kappa shape index (κ1) is 12.3. The minimum absolute atomic E-state index is 0.130. The first-order valence-corrected chi connectivity index (χ1v) is 6.47. The molecule has 4 heteroatoms. The Kier molecular flexibility index (Phi) is 4.58. The fraction of sp³-hybridized carbons (Fsp3) is 1.00. The zero-order chi connectivity index (χ0) is 11.4. The minimum atomic E-state index is 0.130. The van der Waals surface area contributed by atoms with Gasteiger partial charge in [0.2, 0.25) is 0 Å². The summed E-state index contributed by atoms with van der Waals surface area (Å²) < 4.78 is 11.3. The molecule has 4 nitrogen and oxygen atoms in total. The Labute approximate surface area is 98.1 Å². The van der Waals surface area contributed by atoms with Gasteiger partial charge in [0.15, 0.2) is 0 Å². The van der Waals surface area contributed by atoms with Crippen LogP contribution >= 0.6 is 0 Å². The Balaban J connectivity index is 1.68. The lowest BCUT2D eigenvalue weighted by Gasteiger charge is -2.35. The molecule has 0 radical (unpaired) electrons. The predicted molar refractivity (Wildman–Crippen MR) is 63.4 cm³/mol. The van der Waals surface area contributed by atoms with Gasteiger partial charge in [0.05, 0.1) is 18.8 Å². The van der Waals surface area contributed by atoms with Crippen molar-refractivity contribution in [2.45, 2.75) is 44.4 Å². The van der Waals surface area contributed by atoms with Crippen LogP contribution in [0.5, 0.6) is 0 Å². The Morgan fingerprint density at radius 3 is 2.94 bits per heavy atom. The first-order chi connectivity index (χ1) is 7.75. The van der Waals surface area contributed by atoms with Crippen LogP contribution in [0.25, 0.3) is 0 Å². The standard InChI is InChI=1S/C12H24N2O2/c1-10(13)12-9-14(6-8-16-12)5-4-11-3-2-7-15-11/h10-12H,2-9,13H2,1H3. The van der Waals surface area contributed by atoms with E-state index in [1.54, 1.807) is 0 Å². The number of rotatable bonds is 4. The molecule has 0 amide bonds. The van der Waals surface area contributed by atoms with Crippen molar-refractivity contribution in [1.82, 2.24) is 4.90 Å². The van der Waals surface area contributed by atoms with Gasteiger partial charge in [-0.05, 0) is 26.2 Å². The van der Waals surface area contributed by atoms with Crippen LogP contribution in [0, 0.1) is 0 Å². The first-order valence-electron chi connectivity index (χ1n) is 6.47. The molecule has 2 aliphatic rings. The summed E-state index contributed by atoms with van der Waals surface area (Å²) in [4.78, 5) is 2.46. The van der Waals surface area contributed by atoms with E-state index in [-0.39, 0.29) is 12.1 Å². The Morgan fingerprint density at radius 1 is 1.38 bits per heavy atom. The Bertz CT molecular complexity index is 205. The molecule has 0 bridgehead atoms. The third-order valence-corrected chi connectivity index (χ3v) is 3.56. The van der Waals surface area contributed by atoms with Crippen molar-refractivity contribution in [2.24, 2.45) is 5.73 Å². The fourth-order valence-corrected chi connectivity index (χ4v) is 2.45. The monoisotopic (exact) mass is 228 g/mol. The van der Waals surface area contributed by atoms with E-state index in [9.17, 15) is 0 Å². The van der Waals surface area contributed by atoms with E-state index >= 15 is 0 Å². The lowest BCUT2D eigenvalue weighted by molar-refractivity contribution is -0.0412. The third kappa shape index (κ3) is 3.42. The number of nitrogens with two attached hydrogens (primary N) is 1. The van der Waals surface area contributed by atoms with Gasteiger partial charge in [0.25, 0.3) is 0 Å². The summed E-state index contributed by atoms with van der Waals surface area (Å²) in [6.45, 7) is 6.93. The van der Waals surface area contributed by atoms with E-state index in [0.29, 0.717) is 6.10 Å². The molecule has 16 heavy (non-hydrogen) atoms. The van der Waals surface area contributed by atoms with Crippen LogP contribution < -0.4 is 5.73 Å². The normalized spacial score (nSPS) is 34.1. The van der Waals surface area contributed by atoms with Gasteiger partial charge in [-0.15, -0.1) is 0 Å². The van der Waals surface area contributed by atoms with Crippen molar-refractivity contribution in [2.75, 3.05) is 32.8 Å². The lowest BCUT2D eigenvalue weighted by Crippen LogP contribution is -2.49. The highest BCUT2D eigenvalue weighted by Crippen LogP contribution is 2.16. The summed E-state index contributed by atoms with van der Waals surface area (Å²) in [6, 6.07) is 0.130. The van der Waals surface area contributed by atoms with Crippen LogP contribution in [0.1, 0.15) is 26.2 Å². The van der Waals surface area contributed by atoms with Crippen LogP contribution in [0.2, 0.25) is 0 Å². The van der Waals surface area contributed by atoms with E-state index < -0.39 is 0 Å². The van der Waals surface area contributed by atoms with Crippen molar-refractivity contribution in [3.63, 3.8) is 0 Å². The number of morpholine rings is 1. The lowest BCUT2D eigenvalue weighted by atomic mass is 10.1. The highest BCUT2D eigenvalue weighted by Gasteiger charge is 2.24. The Morgan fingerprint density at radius 2 is 2.25 bits per heavy atom. The second-order valence-electron chi connectivity index (χ2n) is 4.99. The highest BCUT2D eigenvalue weighted by molar-refractivity contribution is 4.78. The summed E-state index contributed by atoms with van der Waals surface area (Å²) in [5.74, 6) is 0. The molecule has 0 aliphatic carbocycles. The molecule has 2 saturated heterocycles. The van der Waals surface area contributed by atoms with Crippen LogP contribution in [0.3, 0.4) is 0 Å². The average Bonchev–Trinajstić information content (AvgIpc) is 2.79. The SMILES string of the molecule is CC(N)C1CN(CCC2CCCO2)CCO1. The molecule has 3 atom stereocenters. The molecule has 2 N–H and O–H groups in total. The summed E-state index contributed by atoms with van der Waals surface area (Å²) in [5.41, 5.74) is 5.87. The van der Waals surface area contributed by atoms with E-state index in [4.69, 9.17) is 15.2 Å². The molecular formula is C12H24N2O2. The molecule has 2 fully saturated rings.